The molecule has 0 radical (unpaired) electrons. The highest BCUT2D eigenvalue weighted by Crippen LogP contribution is 2.24. The van der Waals surface area contributed by atoms with E-state index in [9.17, 15) is 9.90 Å². The van der Waals surface area contributed by atoms with Crippen LogP contribution in [-0.4, -0.2) is 66.6 Å². The summed E-state index contributed by atoms with van der Waals surface area (Å²) >= 11 is 0. The Labute approximate surface area is 140 Å². The van der Waals surface area contributed by atoms with Crippen LogP contribution in [0.25, 0.3) is 10.9 Å². The van der Waals surface area contributed by atoms with Crippen LogP contribution in [0.3, 0.4) is 0 Å². The molecule has 2 amide bonds. The number of urea groups is 1. The summed E-state index contributed by atoms with van der Waals surface area (Å²) in [6.45, 7) is 2.98. The average molecular weight is 333 g/mol. The number of hydrogen-bond acceptors (Lipinski definition) is 4. The maximum Gasteiger partial charge on any atom is 0.317 e. The molecule has 0 aliphatic carbocycles. The minimum Gasteiger partial charge on any atom is -0.490 e. The molecule has 7 heteroatoms. The van der Waals surface area contributed by atoms with Crippen LogP contribution in [0.1, 0.15) is 6.42 Å². The van der Waals surface area contributed by atoms with Gasteiger partial charge in [0.2, 0.25) is 0 Å². The molecule has 1 aliphatic rings. The minimum atomic E-state index is -0.635. The SMILES string of the molecule is O=C(NCCC(O)COc1cccc2[nH]ccc12)N1CCOCC1. The van der Waals surface area contributed by atoms with E-state index in [0.717, 1.165) is 16.7 Å². The third-order valence-corrected chi connectivity index (χ3v) is 4.04. The van der Waals surface area contributed by atoms with Gasteiger partial charge in [-0.25, -0.2) is 4.79 Å². The van der Waals surface area contributed by atoms with E-state index in [1.807, 2.05) is 30.5 Å². The number of amides is 2. The monoisotopic (exact) mass is 333 g/mol. The fourth-order valence-electron chi connectivity index (χ4n) is 2.68. The summed E-state index contributed by atoms with van der Waals surface area (Å²) in [5, 5.41) is 13.8. The topological polar surface area (TPSA) is 86.8 Å². The van der Waals surface area contributed by atoms with Gasteiger partial charge in [0.15, 0.2) is 0 Å². The van der Waals surface area contributed by atoms with E-state index in [0.29, 0.717) is 39.3 Å². The number of nitrogens with one attached hydrogen (secondary N) is 2. The van der Waals surface area contributed by atoms with Gasteiger partial charge in [-0.2, -0.15) is 0 Å². The predicted molar refractivity (Wildman–Crippen MR) is 90.2 cm³/mol. The Hall–Kier alpha value is -2.25. The first-order valence-electron chi connectivity index (χ1n) is 8.21. The van der Waals surface area contributed by atoms with E-state index < -0.39 is 6.10 Å². The first-order valence-corrected chi connectivity index (χ1v) is 8.21. The number of rotatable bonds is 6. The molecule has 1 aliphatic heterocycles. The van der Waals surface area contributed by atoms with Crippen LogP contribution in [0.15, 0.2) is 30.5 Å². The molecule has 130 valence electrons. The van der Waals surface area contributed by atoms with E-state index in [4.69, 9.17) is 9.47 Å². The molecule has 3 rings (SSSR count). The number of ether oxygens (including phenoxy) is 2. The summed E-state index contributed by atoms with van der Waals surface area (Å²) in [6, 6.07) is 7.59. The molecule has 7 nitrogen and oxygen atoms in total. The lowest BCUT2D eigenvalue weighted by atomic mass is 10.2. The number of aromatic amines is 1. The van der Waals surface area contributed by atoms with Crippen LogP contribution in [0.4, 0.5) is 4.79 Å². The van der Waals surface area contributed by atoms with Crippen molar-refractivity contribution in [2.45, 2.75) is 12.5 Å². The molecule has 2 aromatic rings. The van der Waals surface area contributed by atoms with E-state index in [1.165, 1.54) is 0 Å². The Morgan fingerprint density at radius 2 is 2.21 bits per heavy atom. The summed E-state index contributed by atoms with van der Waals surface area (Å²) in [5.74, 6) is 0.741. The molecule has 0 bridgehead atoms. The summed E-state index contributed by atoms with van der Waals surface area (Å²) < 4.78 is 10.9. The summed E-state index contributed by atoms with van der Waals surface area (Å²) in [5.41, 5.74) is 1.000. The normalized spacial score (nSPS) is 16.1. The zero-order valence-corrected chi connectivity index (χ0v) is 13.5. The number of carbonyl (C=O) groups excluding carboxylic acids is 1. The lowest BCUT2D eigenvalue weighted by Gasteiger charge is -2.27. The van der Waals surface area contributed by atoms with Crippen LogP contribution in [-0.2, 0) is 4.74 Å². The molecule has 0 spiro atoms. The van der Waals surface area contributed by atoms with E-state index in [2.05, 4.69) is 10.3 Å². The second-order valence-corrected chi connectivity index (χ2v) is 5.78. The Morgan fingerprint density at radius 1 is 1.38 bits per heavy atom. The standard InChI is InChI=1S/C17H23N3O4/c21-13(4-6-19-17(22)20-8-10-23-11-9-20)12-24-16-3-1-2-15-14(16)5-7-18-15/h1-3,5,7,13,18,21H,4,6,8-12H2,(H,19,22). The van der Waals surface area contributed by atoms with Crippen LogP contribution >= 0.6 is 0 Å². The quantitative estimate of drug-likeness (QED) is 0.744. The molecule has 1 unspecified atom stereocenters. The van der Waals surface area contributed by atoms with Crippen molar-refractivity contribution in [3.63, 3.8) is 0 Å². The van der Waals surface area contributed by atoms with Gasteiger partial charge < -0.3 is 29.8 Å². The van der Waals surface area contributed by atoms with Crippen molar-refractivity contribution >= 4 is 16.9 Å². The molecule has 24 heavy (non-hydrogen) atoms. The first kappa shape index (κ1) is 16.6. The van der Waals surface area contributed by atoms with Crippen molar-refractivity contribution in [2.24, 2.45) is 0 Å². The third-order valence-electron chi connectivity index (χ3n) is 4.04. The minimum absolute atomic E-state index is 0.108. The second kappa shape index (κ2) is 8.03. The van der Waals surface area contributed by atoms with Gasteiger partial charge in [-0.1, -0.05) is 6.07 Å². The molecule has 1 aromatic carbocycles. The molecule has 1 aromatic heterocycles. The van der Waals surface area contributed by atoms with Gasteiger partial charge in [0.1, 0.15) is 12.4 Å². The molecule has 2 heterocycles. The third kappa shape index (κ3) is 4.18. The maximum atomic E-state index is 11.9. The molecule has 1 atom stereocenters. The van der Waals surface area contributed by atoms with Gasteiger partial charge in [-0.3, -0.25) is 0 Å². The van der Waals surface area contributed by atoms with E-state index in [-0.39, 0.29) is 12.6 Å². The lowest BCUT2D eigenvalue weighted by Crippen LogP contribution is -2.46. The molecule has 1 fully saturated rings. The molecule has 3 N–H and O–H groups in total. The Bertz CT molecular complexity index is 667. The van der Waals surface area contributed by atoms with Crippen LogP contribution < -0.4 is 10.1 Å². The smallest absolute Gasteiger partial charge is 0.317 e. The van der Waals surface area contributed by atoms with Crippen LogP contribution in [0, 0.1) is 0 Å². The van der Waals surface area contributed by atoms with Crippen LogP contribution in [0.5, 0.6) is 5.75 Å². The van der Waals surface area contributed by atoms with E-state index in [1.54, 1.807) is 4.90 Å². The van der Waals surface area contributed by atoms with Crippen LogP contribution in [0.2, 0.25) is 0 Å². The highest BCUT2D eigenvalue weighted by molar-refractivity contribution is 5.85. The predicted octanol–water partition coefficient (Wildman–Crippen LogP) is 1.34. The maximum absolute atomic E-state index is 11.9. The number of benzene rings is 1. The van der Waals surface area contributed by atoms with Gasteiger partial charge in [0, 0.05) is 36.7 Å². The number of H-pyrrole nitrogens is 1. The summed E-state index contributed by atoms with van der Waals surface area (Å²) in [6.07, 6.45) is 1.66. The number of carbonyl (C=O) groups is 1. The number of nitrogens with zero attached hydrogens (tertiary/aromatic N) is 1. The number of aliphatic hydroxyl groups excluding tert-OH is 1. The van der Waals surface area contributed by atoms with Gasteiger partial charge in [0.05, 0.1) is 19.3 Å². The van der Waals surface area contributed by atoms with Gasteiger partial charge in [-0.15, -0.1) is 0 Å². The number of fused-ring (bicyclic) bond motifs is 1. The Balaban J connectivity index is 1.39. The van der Waals surface area contributed by atoms with Crippen molar-refractivity contribution in [3.05, 3.63) is 30.5 Å². The Morgan fingerprint density at radius 3 is 3.04 bits per heavy atom. The van der Waals surface area contributed by atoms with Crippen molar-refractivity contribution < 1.29 is 19.4 Å². The van der Waals surface area contributed by atoms with E-state index >= 15 is 0 Å². The highest BCUT2D eigenvalue weighted by Gasteiger charge is 2.16. The number of aliphatic hydroxyl groups is 1. The van der Waals surface area contributed by atoms with Crippen molar-refractivity contribution in [1.29, 1.82) is 0 Å². The largest absolute Gasteiger partial charge is 0.490 e. The fourth-order valence-corrected chi connectivity index (χ4v) is 2.68. The van der Waals surface area contributed by atoms with Crippen molar-refractivity contribution in [3.8, 4) is 5.75 Å². The second-order valence-electron chi connectivity index (χ2n) is 5.78. The number of hydrogen-bond donors (Lipinski definition) is 3. The van der Waals surface area contributed by atoms with Gasteiger partial charge in [-0.05, 0) is 24.6 Å². The van der Waals surface area contributed by atoms with Gasteiger partial charge in [0.25, 0.3) is 0 Å². The number of aromatic nitrogens is 1. The molecule has 1 saturated heterocycles. The molecule has 0 saturated carbocycles. The zero-order valence-electron chi connectivity index (χ0n) is 13.5. The molecular formula is C17H23N3O4. The fraction of sp³-hybridized carbons (Fsp3) is 0.471. The summed E-state index contributed by atoms with van der Waals surface area (Å²) in [7, 11) is 0. The molecular weight excluding hydrogens is 310 g/mol. The van der Waals surface area contributed by atoms with Crippen molar-refractivity contribution in [1.82, 2.24) is 15.2 Å². The zero-order chi connectivity index (χ0) is 16.8. The average Bonchev–Trinajstić information content (AvgIpc) is 3.10. The lowest BCUT2D eigenvalue weighted by molar-refractivity contribution is 0.0525. The van der Waals surface area contributed by atoms with Crippen molar-refractivity contribution in [2.75, 3.05) is 39.5 Å². The number of morpholine rings is 1. The Kier molecular flexibility index (Phi) is 5.55. The first-order chi connectivity index (χ1) is 11.7. The summed E-state index contributed by atoms with van der Waals surface area (Å²) in [4.78, 5) is 16.8. The van der Waals surface area contributed by atoms with Gasteiger partial charge >= 0.3 is 6.03 Å². The highest BCUT2D eigenvalue weighted by atomic mass is 16.5.